The molecule has 0 bridgehead atoms. The third kappa shape index (κ3) is 2.78. The minimum absolute atomic E-state index is 0.180. The number of hydrogen-bond donors (Lipinski definition) is 1. The first kappa shape index (κ1) is 11.7. The van der Waals surface area contributed by atoms with Gasteiger partial charge >= 0.3 is 5.97 Å². The molecular weight excluding hydrogens is 195 g/mol. The molecule has 0 heterocycles. The average Bonchev–Trinajstić information content (AvgIpc) is 2.15. The van der Waals surface area contributed by atoms with E-state index in [0.717, 1.165) is 0 Å². The van der Waals surface area contributed by atoms with E-state index < -0.39 is 17.6 Å². The Morgan fingerprint density at radius 2 is 1.73 bits per heavy atom. The largest absolute Gasteiger partial charge is 0.478 e. The van der Waals surface area contributed by atoms with Crippen LogP contribution in [0.1, 0.15) is 42.9 Å². The van der Waals surface area contributed by atoms with Crippen molar-refractivity contribution in [2.24, 2.45) is 5.41 Å². The zero-order valence-electron chi connectivity index (χ0n) is 9.12. The highest BCUT2D eigenvalue weighted by Crippen LogP contribution is 2.35. The van der Waals surface area contributed by atoms with E-state index in [4.69, 9.17) is 5.11 Å². The molecule has 1 rings (SSSR count). The molecule has 82 valence electrons. The number of carbonyl (C=O) groups is 1. The van der Waals surface area contributed by atoms with Gasteiger partial charge in [-0.2, -0.15) is 0 Å². The van der Waals surface area contributed by atoms with Gasteiger partial charge in [0.15, 0.2) is 0 Å². The first-order chi connectivity index (χ1) is 6.82. The molecule has 0 aliphatic heterocycles. The summed E-state index contributed by atoms with van der Waals surface area (Å²) in [5.74, 6) is -0.993. The summed E-state index contributed by atoms with van der Waals surface area (Å²) in [5, 5.41) is 8.68. The molecule has 15 heavy (non-hydrogen) atoms. The summed E-state index contributed by atoms with van der Waals surface area (Å²) in [4.78, 5) is 10.6. The number of halogens is 1. The normalized spacial score (nSPS) is 13.6. The van der Waals surface area contributed by atoms with Crippen LogP contribution in [0.25, 0.3) is 0 Å². The molecule has 1 N–H and O–H groups in total. The van der Waals surface area contributed by atoms with E-state index in [0.29, 0.717) is 5.56 Å². The van der Waals surface area contributed by atoms with Crippen LogP contribution >= 0.6 is 0 Å². The number of aromatic carboxylic acids is 1. The first-order valence-corrected chi connectivity index (χ1v) is 4.79. The van der Waals surface area contributed by atoms with Crippen LogP contribution in [0.5, 0.6) is 0 Å². The number of hydrogen-bond acceptors (Lipinski definition) is 1. The van der Waals surface area contributed by atoms with Gasteiger partial charge in [0.1, 0.15) is 6.17 Å². The molecule has 1 aromatic rings. The minimum atomic E-state index is -1.08. The summed E-state index contributed by atoms with van der Waals surface area (Å²) < 4.78 is 13.8. The standard InChI is InChI=1S/C12H15FO2/c1-12(2,3)10(13)8-4-6-9(7-5-8)11(14)15/h4-7,10H,1-3H3,(H,14,15). The van der Waals surface area contributed by atoms with Crippen LogP contribution in [0.15, 0.2) is 24.3 Å². The summed E-state index contributed by atoms with van der Waals surface area (Å²) >= 11 is 0. The van der Waals surface area contributed by atoms with Gasteiger partial charge in [0.05, 0.1) is 5.56 Å². The Kier molecular flexibility index (Phi) is 3.12. The zero-order chi connectivity index (χ0) is 11.6. The predicted molar refractivity (Wildman–Crippen MR) is 56.7 cm³/mol. The van der Waals surface area contributed by atoms with E-state index >= 15 is 0 Å². The van der Waals surface area contributed by atoms with E-state index in [1.807, 2.05) is 20.8 Å². The molecule has 0 amide bonds. The van der Waals surface area contributed by atoms with Crippen molar-refractivity contribution in [3.8, 4) is 0 Å². The van der Waals surface area contributed by atoms with Crippen LogP contribution in [-0.4, -0.2) is 11.1 Å². The second-order valence-electron chi connectivity index (χ2n) is 4.66. The topological polar surface area (TPSA) is 37.3 Å². The van der Waals surface area contributed by atoms with Gasteiger partial charge in [-0.1, -0.05) is 32.9 Å². The second-order valence-corrected chi connectivity index (χ2v) is 4.66. The van der Waals surface area contributed by atoms with Gasteiger partial charge in [-0.05, 0) is 23.1 Å². The molecule has 0 radical (unpaired) electrons. The van der Waals surface area contributed by atoms with Gasteiger partial charge in [-0.25, -0.2) is 9.18 Å². The predicted octanol–water partition coefficient (Wildman–Crippen LogP) is 3.44. The van der Waals surface area contributed by atoms with Gasteiger partial charge in [-0.3, -0.25) is 0 Å². The summed E-state index contributed by atoms with van der Waals surface area (Å²) in [5.41, 5.74) is 0.234. The van der Waals surface area contributed by atoms with Crippen LogP contribution < -0.4 is 0 Å². The highest BCUT2D eigenvalue weighted by Gasteiger charge is 2.25. The highest BCUT2D eigenvalue weighted by atomic mass is 19.1. The number of rotatable bonds is 2. The van der Waals surface area contributed by atoms with Crippen LogP contribution in [0.3, 0.4) is 0 Å². The van der Waals surface area contributed by atoms with Crippen molar-refractivity contribution in [1.29, 1.82) is 0 Å². The molecule has 0 spiro atoms. The maximum Gasteiger partial charge on any atom is 0.335 e. The van der Waals surface area contributed by atoms with E-state index in [-0.39, 0.29) is 5.56 Å². The van der Waals surface area contributed by atoms with Crippen molar-refractivity contribution in [2.45, 2.75) is 26.9 Å². The van der Waals surface area contributed by atoms with Crippen molar-refractivity contribution < 1.29 is 14.3 Å². The Hall–Kier alpha value is -1.38. The Balaban J connectivity index is 2.94. The van der Waals surface area contributed by atoms with Crippen LogP contribution in [0, 0.1) is 5.41 Å². The quantitative estimate of drug-likeness (QED) is 0.811. The van der Waals surface area contributed by atoms with Gasteiger partial charge in [0.2, 0.25) is 0 Å². The third-order valence-electron chi connectivity index (χ3n) is 2.21. The summed E-state index contributed by atoms with van der Waals surface area (Å²) in [6, 6.07) is 5.91. The van der Waals surface area contributed by atoms with Gasteiger partial charge in [0.25, 0.3) is 0 Å². The maximum atomic E-state index is 13.8. The number of benzene rings is 1. The van der Waals surface area contributed by atoms with E-state index in [1.54, 1.807) is 0 Å². The molecule has 0 fully saturated rings. The van der Waals surface area contributed by atoms with Crippen molar-refractivity contribution in [1.82, 2.24) is 0 Å². The van der Waals surface area contributed by atoms with E-state index in [1.165, 1.54) is 24.3 Å². The lowest BCUT2D eigenvalue weighted by Crippen LogP contribution is -2.14. The SMILES string of the molecule is CC(C)(C)C(F)c1ccc(C(=O)O)cc1. The Labute approximate surface area is 88.7 Å². The number of carboxylic acid groups (broad SMARTS) is 1. The van der Waals surface area contributed by atoms with Gasteiger partial charge in [-0.15, -0.1) is 0 Å². The fraction of sp³-hybridized carbons (Fsp3) is 0.417. The smallest absolute Gasteiger partial charge is 0.335 e. The second kappa shape index (κ2) is 4.01. The molecule has 0 saturated carbocycles. The lowest BCUT2D eigenvalue weighted by Gasteiger charge is -2.23. The number of alkyl halides is 1. The Bertz CT molecular complexity index is 349. The van der Waals surface area contributed by atoms with E-state index in [9.17, 15) is 9.18 Å². The van der Waals surface area contributed by atoms with Crippen LogP contribution in [0.4, 0.5) is 4.39 Å². The van der Waals surface area contributed by atoms with Crippen molar-refractivity contribution in [3.63, 3.8) is 0 Å². The van der Waals surface area contributed by atoms with Crippen LogP contribution in [-0.2, 0) is 0 Å². The fourth-order valence-electron chi connectivity index (χ4n) is 1.29. The lowest BCUT2D eigenvalue weighted by atomic mass is 9.86. The third-order valence-corrected chi connectivity index (χ3v) is 2.21. The van der Waals surface area contributed by atoms with Crippen LogP contribution in [0.2, 0.25) is 0 Å². The molecule has 0 aliphatic rings. The molecule has 0 saturated heterocycles. The molecule has 1 unspecified atom stereocenters. The first-order valence-electron chi connectivity index (χ1n) is 4.79. The zero-order valence-corrected chi connectivity index (χ0v) is 9.12. The molecule has 3 heteroatoms. The summed E-state index contributed by atoms with van der Waals surface area (Å²) in [6.07, 6.45) is -1.08. The van der Waals surface area contributed by atoms with E-state index in [2.05, 4.69) is 0 Å². The lowest BCUT2D eigenvalue weighted by molar-refractivity contribution is 0.0696. The molecule has 0 aliphatic carbocycles. The molecule has 2 nitrogen and oxygen atoms in total. The minimum Gasteiger partial charge on any atom is -0.478 e. The molecular formula is C12H15FO2. The van der Waals surface area contributed by atoms with Crippen molar-refractivity contribution >= 4 is 5.97 Å². The van der Waals surface area contributed by atoms with Crippen molar-refractivity contribution in [2.75, 3.05) is 0 Å². The van der Waals surface area contributed by atoms with Gasteiger partial charge in [0, 0.05) is 0 Å². The van der Waals surface area contributed by atoms with Gasteiger partial charge < -0.3 is 5.11 Å². The summed E-state index contributed by atoms with van der Waals surface area (Å²) in [6.45, 7) is 5.42. The molecule has 1 atom stereocenters. The maximum absolute atomic E-state index is 13.8. The Morgan fingerprint density at radius 3 is 2.07 bits per heavy atom. The fourth-order valence-corrected chi connectivity index (χ4v) is 1.29. The Morgan fingerprint density at radius 1 is 1.27 bits per heavy atom. The average molecular weight is 210 g/mol. The molecule has 1 aromatic carbocycles. The highest BCUT2D eigenvalue weighted by molar-refractivity contribution is 5.87. The van der Waals surface area contributed by atoms with Crippen molar-refractivity contribution in [3.05, 3.63) is 35.4 Å². The monoisotopic (exact) mass is 210 g/mol. The molecule has 0 aromatic heterocycles. The summed E-state index contributed by atoms with van der Waals surface area (Å²) in [7, 11) is 0. The number of carboxylic acids is 1.